The standard InChI is InChI=1S/C8H12N4O2S/c9-8-2-1-7(5-10-8)6-12-4-3-11-15(12,13)14/h1-2,5,11H,3-4,6H2,(H2,9,10). The molecule has 0 radical (unpaired) electrons. The van der Waals surface area contributed by atoms with Crippen LogP contribution in [0.1, 0.15) is 5.56 Å². The van der Waals surface area contributed by atoms with Gasteiger partial charge in [-0.3, -0.25) is 0 Å². The molecule has 0 saturated carbocycles. The van der Waals surface area contributed by atoms with E-state index in [2.05, 4.69) is 9.71 Å². The van der Waals surface area contributed by atoms with E-state index in [1.165, 1.54) is 4.31 Å². The zero-order chi connectivity index (χ0) is 10.9. The van der Waals surface area contributed by atoms with Crippen molar-refractivity contribution < 1.29 is 8.42 Å². The van der Waals surface area contributed by atoms with Crippen molar-refractivity contribution in [3.05, 3.63) is 23.9 Å². The van der Waals surface area contributed by atoms with Crippen molar-refractivity contribution in [2.75, 3.05) is 18.8 Å². The molecule has 0 bridgehead atoms. The molecule has 1 aromatic rings. The van der Waals surface area contributed by atoms with Crippen LogP contribution in [0.25, 0.3) is 0 Å². The number of hydrogen-bond donors (Lipinski definition) is 2. The normalized spacial score (nSPS) is 20.5. The quantitative estimate of drug-likeness (QED) is 0.701. The van der Waals surface area contributed by atoms with Gasteiger partial charge >= 0.3 is 0 Å². The van der Waals surface area contributed by atoms with Crippen molar-refractivity contribution in [1.82, 2.24) is 14.0 Å². The van der Waals surface area contributed by atoms with E-state index < -0.39 is 10.2 Å². The minimum atomic E-state index is -3.27. The lowest BCUT2D eigenvalue weighted by Gasteiger charge is -2.12. The third-order valence-electron chi connectivity index (χ3n) is 2.19. The summed E-state index contributed by atoms with van der Waals surface area (Å²) in [5.74, 6) is 0.432. The maximum Gasteiger partial charge on any atom is 0.279 e. The van der Waals surface area contributed by atoms with Gasteiger partial charge in [0.1, 0.15) is 5.82 Å². The molecule has 0 aromatic carbocycles. The predicted molar refractivity (Wildman–Crippen MR) is 56.0 cm³/mol. The SMILES string of the molecule is Nc1ccc(CN2CCNS2(=O)=O)cn1. The number of hydrogen-bond acceptors (Lipinski definition) is 4. The molecule has 1 aliphatic rings. The summed E-state index contributed by atoms with van der Waals surface area (Å²) in [7, 11) is -3.27. The molecular formula is C8H12N4O2S. The van der Waals surface area contributed by atoms with E-state index in [-0.39, 0.29) is 0 Å². The molecule has 7 heteroatoms. The van der Waals surface area contributed by atoms with Crippen LogP contribution in [0.3, 0.4) is 0 Å². The first-order valence-corrected chi connectivity index (χ1v) is 5.97. The summed E-state index contributed by atoms with van der Waals surface area (Å²) in [5.41, 5.74) is 6.26. The third kappa shape index (κ3) is 2.25. The lowest BCUT2D eigenvalue weighted by atomic mass is 10.3. The molecule has 0 amide bonds. The first-order valence-electron chi connectivity index (χ1n) is 4.53. The molecular weight excluding hydrogens is 216 g/mol. The smallest absolute Gasteiger partial charge is 0.279 e. The summed E-state index contributed by atoms with van der Waals surface area (Å²) < 4.78 is 26.6. The van der Waals surface area contributed by atoms with Gasteiger partial charge in [0, 0.05) is 25.8 Å². The molecule has 0 aliphatic carbocycles. The van der Waals surface area contributed by atoms with Crippen molar-refractivity contribution in [1.29, 1.82) is 0 Å². The van der Waals surface area contributed by atoms with E-state index >= 15 is 0 Å². The predicted octanol–water partition coefficient (Wildman–Crippen LogP) is -0.686. The molecule has 15 heavy (non-hydrogen) atoms. The zero-order valence-corrected chi connectivity index (χ0v) is 8.87. The summed E-state index contributed by atoms with van der Waals surface area (Å²) in [5, 5.41) is 0. The van der Waals surface area contributed by atoms with Gasteiger partial charge in [-0.1, -0.05) is 6.07 Å². The number of nitrogens with two attached hydrogens (primary N) is 1. The highest BCUT2D eigenvalue weighted by atomic mass is 32.2. The molecule has 1 fully saturated rings. The number of anilines is 1. The molecule has 2 heterocycles. The second kappa shape index (κ2) is 3.76. The molecule has 0 atom stereocenters. The van der Waals surface area contributed by atoms with E-state index in [4.69, 9.17) is 5.73 Å². The Bertz CT molecular complexity index is 442. The van der Waals surface area contributed by atoms with Crippen LogP contribution in [0.2, 0.25) is 0 Å². The topological polar surface area (TPSA) is 88.3 Å². The molecule has 0 spiro atoms. The third-order valence-corrected chi connectivity index (χ3v) is 3.75. The van der Waals surface area contributed by atoms with Crippen LogP contribution in [0.5, 0.6) is 0 Å². The molecule has 1 aliphatic heterocycles. The maximum atomic E-state index is 11.4. The van der Waals surface area contributed by atoms with Crippen molar-refractivity contribution in [2.24, 2.45) is 0 Å². The number of nitrogens with zero attached hydrogens (tertiary/aromatic N) is 2. The van der Waals surface area contributed by atoms with Crippen LogP contribution in [0.4, 0.5) is 5.82 Å². The summed E-state index contributed by atoms with van der Waals surface area (Å²) in [4.78, 5) is 3.90. The summed E-state index contributed by atoms with van der Waals surface area (Å²) in [6, 6.07) is 3.43. The van der Waals surface area contributed by atoms with Gasteiger partial charge in [-0.05, 0) is 11.6 Å². The minimum Gasteiger partial charge on any atom is -0.384 e. The Morgan fingerprint density at radius 3 is 2.87 bits per heavy atom. The molecule has 1 saturated heterocycles. The van der Waals surface area contributed by atoms with Gasteiger partial charge in [0.05, 0.1) is 0 Å². The van der Waals surface area contributed by atoms with E-state index in [1.54, 1.807) is 18.3 Å². The molecule has 2 rings (SSSR count). The van der Waals surface area contributed by atoms with Crippen molar-refractivity contribution in [3.8, 4) is 0 Å². The van der Waals surface area contributed by atoms with Gasteiger partial charge in [-0.15, -0.1) is 0 Å². The van der Waals surface area contributed by atoms with E-state index in [1.807, 2.05) is 0 Å². The number of rotatable bonds is 2. The first kappa shape index (κ1) is 10.3. The monoisotopic (exact) mass is 228 g/mol. The van der Waals surface area contributed by atoms with E-state index in [0.717, 1.165) is 5.56 Å². The average molecular weight is 228 g/mol. The molecule has 3 N–H and O–H groups in total. The van der Waals surface area contributed by atoms with E-state index in [9.17, 15) is 8.42 Å². The van der Waals surface area contributed by atoms with Crippen molar-refractivity contribution in [2.45, 2.75) is 6.54 Å². The molecule has 1 aromatic heterocycles. The highest BCUT2D eigenvalue weighted by molar-refractivity contribution is 7.87. The fourth-order valence-electron chi connectivity index (χ4n) is 1.41. The van der Waals surface area contributed by atoms with Crippen LogP contribution < -0.4 is 10.5 Å². The lowest BCUT2D eigenvalue weighted by Crippen LogP contribution is -2.29. The van der Waals surface area contributed by atoms with Gasteiger partial charge in [0.2, 0.25) is 0 Å². The largest absolute Gasteiger partial charge is 0.384 e. The van der Waals surface area contributed by atoms with Crippen molar-refractivity contribution >= 4 is 16.0 Å². The highest BCUT2D eigenvalue weighted by Gasteiger charge is 2.27. The van der Waals surface area contributed by atoms with Gasteiger partial charge in [0.15, 0.2) is 0 Å². The summed E-state index contributed by atoms with van der Waals surface area (Å²) in [6.45, 7) is 1.29. The van der Waals surface area contributed by atoms with Gasteiger partial charge < -0.3 is 5.73 Å². The van der Waals surface area contributed by atoms with Gasteiger partial charge in [0.25, 0.3) is 10.2 Å². The Morgan fingerprint density at radius 1 is 1.53 bits per heavy atom. The first-order chi connectivity index (χ1) is 7.08. The average Bonchev–Trinajstić information content (AvgIpc) is 2.50. The Hall–Kier alpha value is -1.18. The fourth-order valence-corrected chi connectivity index (χ4v) is 2.59. The minimum absolute atomic E-state index is 0.336. The molecule has 0 unspecified atom stereocenters. The maximum absolute atomic E-state index is 11.4. The van der Waals surface area contributed by atoms with Crippen LogP contribution in [0.15, 0.2) is 18.3 Å². The van der Waals surface area contributed by atoms with Crippen LogP contribution >= 0.6 is 0 Å². The Kier molecular flexibility index (Phi) is 2.59. The lowest BCUT2D eigenvalue weighted by molar-refractivity contribution is 0.445. The van der Waals surface area contributed by atoms with Gasteiger partial charge in [-0.25, -0.2) is 9.71 Å². The van der Waals surface area contributed by atoms with Crippen molar-refractivity contribution in [3.63, 3.8) is 0 Å². The van der Waals surface area contributed by atoms with E-state index in [0.29, 0.717) is 25.5 Å². The number of nitrogen functional groups attached to an aromatic ring is 1. The number of pyridine rings is 1. The summed E-state index contributed by atoms with van der Waals surface area (Å²) >= 11 is 0. The number of aromatic nitrogens is 1. The Balaban J connectivity index is 2.12. The Morgan fingerprint density at radius 2 is 2.33 bits per heavy atom. The van der Waals surface area contributed by atoms with Crippen LogP contribution in [-0.4, -0.2) is 30.8 Å². The highest BCUT2D eigenvalue weighted by Crippen LogP contribution is 2.11. The molecule has 6 nitrogen and oxygen atoms in total. The fraction of sp³-hybridized carbons (Fsp3) is 0.375. The number of nitrogens with one attached hydrogen (secondary N) is 1. The zero-order valence-electron chi connectivity index (χ0n) is 8.05. The van der Waals surface area contributed by atoms with Crippen LogP contribution in [0, 0.1) is 0 Å². The summed E-state index contributed by atoms with van der Waals surface area (Å²) in [6.07, 6.45) is 1.59. The molecule has 82 valence electrons. The second-order valence-corrected chi connectivity index (χ2v) is 5.08. The van der Waals surface area contributed by atoms with Crippen LogP contribution in [-0.2, 0) is 16.8 Å². The van der Waals surface area contributed by atoms with Gasteiger partial charge in [-0.2, -0.15) is 12.7 Å². The second-order valence-electron chi connectivity index (χ2n) is 3.32. The Labute approximate surface area is 88.3 Å².